The molecule has 0 unspecified atom stereocenters. The number of thiazole rings is 1. The van der Waals surface area contributed by atoms with Gasteiger partial charge in [-0.1, -0.05) is 77.5 Å². The summed E-state index contributed by atoms with van der Waals surface area (Å²) in [7, 11) is -3.77. The molecule has 0 amide bonds. The average molecular weight is 525 g/mol. The Morgan fingerprint density at radius 1 is 0.943 bits per heavy atom. The lowest BCUT2D eigenvalue weighted by Gasteiger charge is -2.11. The topological polar surface area (TPSA) is 77.4 Å². The maximum Gasteiger partial charge on any atom is 0.308 e. The molecule has 0 spiro atoms. The number of sulfonamides is 1. The molecule has 1 heterocycles. The number of rotatable bonds is 8. The van der Waals surface area contributed by atoms with Crippen molar-refractivity contribution in [1.29, 1.82) is 0 Å². The van der Waals surface area contributed by atoms with Crippen LogP contribution >= 0.6 is 22.9 Å². The third kappa shape index (κ3) is 4.97. The zero-order valence-corrected chi connectivity index (χ0v) is 20.9. The fourth-order valence-corrected chi connectivity index (χ4v) is 6.14. The van der Waals surface area contributed by atoms with Crippen LogP contribution in [0.1, 0.15) is 5.56 Å². The highest BCUT2D eigenvalue weighted by molar-refractivity contribution is 7.89. The smallest absolute Gasteiger partial charge is 0.308 e. The van der Waals surface area contributed by atoms with Crippen LogP contribution in [0.4, 0.5) is 0 Å². The number of hydrogen-bond donors (Lipinski definition) is 1. The van der Waals surface area contributed by atoms with Crippen LogP contribution in [0.5, 0.6) is 5.75 Å². The van der Waals surface area contributed by atoms with E-state index in [9.17, 15) is 13.2 Å². The van der Waals surface area contributed by atoms with Crippen molar-refractivity contribution < 1.29 is 13.2 Å². The Bertz CT molecular complexity index is 1690. The first-order chi connectivity index (χ1) is 16.9. The first kappa shape index (κ1) is 23.6. The Morgan fingerprint density at radius 2 is 1.71 bits per heavy atom. The van der Waals surface area contributed by atoms with Crippen LogP contribution in [0, 0.1) is 0 Å². The highest BCUT2D eigenvalue weighted by Crippen LogP contribution is 2.26. The molecule has 178 valence electrons. The van der Waals surface area contributed by atoms with E-state index in [1.165, 1.54) is 12.1 Å². The normalized spacial score (nSPS) is 11.8. The third-order valence-corrected chi connectivity index (χ3v) is 8.41. The van der Waals surface area contributed by atoms with E-state index in [0.717, 1.165) is 27.7 Å². The molecule has 0 saturated heterocycles. The van der Waals surface area contributed by atoms with Gasteiger partial charge < -0.3 is 4.74 Å². The molecule has 9 heteroatoms. The minimum atomic E-state index is -3.77. The molecule has 1 aromatic heterocycles. The summed E-state index contributed by atoms with van der Waals surface area (Å²) in [6.45, 7) is 0.596. The maximum absolute atomic E-state index is 12.9. The summed E-state index contributed by atoms with van der Waals surface area (Å²) < 4.78 is 36.3. The lowest BCUT2D eigenvalue weighted by molar-refractivity contribution is 0.326. The number of aromatic nitrogens is 1. The average Bonchev–Trinajstić information content (AvgIpc) is 3.17. The van der Waals surface area contributed by atoms with Crippen LogP contribution in [0.2, 0.25) is 5.02 Å². The molecule has 0 radical (unpaired) electrons. The van der Waals surface area contributed by atoms with Crippen molar-refractivity contribution in [2.45, 2.75) is 11.4 Å². The molecule has 0 bridgehead atoms. The molecule has 0 aliphatic heterocycles. The number of nitrogens with one attached hydrogen (secondary N) is 1. The Balaban J connectivity index is 1.29. The van der Waals surface area contributed by atoms with E-state index in [1.807, 2.05) is 60.7 Å². The summed E-state index contributed by atoms with van der Waals surface area (Å²) in [6, 6.07) is 25.6. The maximum atomic E-state index is 12.9. The summed E-state index contributed by atoms with van der Waals surface area (Å²) in [6.07, 6.45) is 0. The molecule has 0 fully saturated rings. The molecular formula is C26H21ClN2O4S2. The number of fused-ring (bicyclic) bond motifs is 2. The fourth-order valence-electron chi connectivity index (χ4n) is 3.90. The number of benzene rings is 4. The fraction of sp³-hybridized carbons (Fsp3) is 0.115. The van der Waals surface area contributed by atoms with Crippen LogP contribution in [0.3, 0.4) is 0 Å². The second kappa shape index (κ2) is 9.83. The SMILES string of the molecule is O=c1sc2cc(S(=O)(=O)NCCOc3cccc4ccccc34)ccc2n1Cc1ccccc1Cl. The van der Waals surface area contributed by atoms with Gasteiger partial charge in [0.15, 0.2) is 0 Å². The molecule has 0 aliphatic carbocycles. The molecule has 0 aliphatic rings. The lowest BCUT2D eigenvalue weighted by Crippen LogP contribution is -2.28. The van der Waals surface area contributed by atoms with E-state index in [-0.39, 0.29) is 22.9 Å². The number of ether oxygens (including phenoxy) is 1. The van der Waals surface area contributed by atoms with Crippen molar-refractivity contribution in [3.8, 4) is 5.75 Å². The lowest BCUT2D eigenvalue weighted by atomic mass is 10.1. The van der Waals surface area contributed by atoms with Crippen molar-refractivity contribution in [2.24, 2.45) is 0 Å². The van der Waals surface area contributed by atoms with Crippen molar-refractivity contribution in [3.05, 3.63) is 105 Å². The monoisotopic (exact) mass is 524 g/mol. The first-order valence-electron chi connectivity index (χ1n) is 10.9. The summed E-state index contributed by atoms with van der Waals surface area (Å²) in [5.74, 6) is 0.702. The van der Waals surface area contributed by atoms with Gasteiger partial charge in [0.2, 0.25) is 10.0 Å². The summed E-state index contributed by atoms with van der Waals surface area (Å²) in [5, 5.41) is 2.60. The summed E-state index contributed by atoms with van der Waals surface area (Å²) in [5.41, 5.74) is 1.48. The number of halogens is 1. The van der Waals surface area contributed by atoms with E-state index >= 15 is 0 Å². The van der Waals surface area contributed by atoms with Gasteiger partial charge in [0.05, 0.1) is 21.7 Å². The molecule has 5 aromatic rings. The van der Waals surface area contributed by atoms with Crippen molar-refractivity contribution in [2.75, 3.05) is 13.2 Å². The second-order valence-corrected chi connectivity index (χ2v) is 11.1. The Hall–Kier alpha value is -3.17. The summed E-state index contributed by atoms with van der Waals surface area (Å²) in [4.78, 5) is 12.5. The Labute approximate surface area is 211 Å². The number of nitrogens with zero attached hydrogens (tertiary/aromatic N) is 1. The first-order valence-corrected chi connectivity index (χ1v) is 13.6. The van der Waals surface area contributed by atoms with Gasteiger partial charge >= 0.3 is 4.87 Å². The van der Waals surface area contributed by atoms with Gasteiger partial charge in [0.1, 0.15) is 12.4 Å². The van der Waals surface area contributed by atoms with Crippen LogP contribution in [-0.2, 0) is 16.6 Å². The van der Waals surface area contributed by atoms with E-state index in [4.69, 9.17) is 16.3 Å². The quantitative estimate of drug-likeness (QED) is 0.280. The molecule has 5 rings (SSSR count). The predicted molar refractivity (Wildman–Crippen MR) is 141 cm³/mol. The van der Waals surface area contributed by atoms with E-state index in [2.05, 4.69) is 4.72 Å². The molecule has 1 N–H and O–H groups in total. The highest BCUT2D eigenvalue weighted by atomic mass is 35.5. The van der Waals surface area contributed by atoms with Crippen molar-refractivity contribution in [1.82, 2.24) is 9.29 Å². The minimum absolute atomic E-state index is 0.0984. The molecular weight excluding hydrogens is 504 g/mol. The van der Waals surface area contributed by atoms with Gasteiger partial charge in [-0.25, -0.2) is 13.1 Å². The number of hydrogen-bond acceptors (Lipinski definition) is 5. The summed E-state index contributed by atoms with van der Waals surface area (Å²) >= 11 is 7.26. The highest BCUT2D eigenvalue weighted by Gasteiger charge is 2.17. The van der Waals surface area contributed by atoms with Gasteiger partial charge in [-0.05, 0) is 41.3 Å². The molecule has 35 heavy (non-hydrogen) atoms. The van der Waals surface area contributed by atoms with E-state index < -0.39 is 10.0 Å². The van der Waals surface area contributed by atoms with Gasteiger partial charge in [-0.3, -0.25) is 9.36 Å². The zero-order chi connectivity index (χ0) is 24.4. The van der Waals surface area contributed by atoms with Crippen LogP contribution in [0.25, 0.3) is 21.0 Å². The third-order valence-electron chi connectivity index (χ3n) is 5.64. The van der Waals surface area contributed by atoms with Crippen LogP contribution < -0.4 is 14.3 Å². The molecule has 4 aromatic carbocycles. The van der Waals surface area contributed by atoms with Gasteiger partial charge in [0.25, 0.3) is 0 Å². The van der Waals surface area contributed by atoms with Crippen molar-refractivity contribution >= 4 is 54.0 Å². The molecule has 0 saturated carbocycles. The van der Waals surface area contributed by atoms with Gasteiger partial charge in [-0.15, -0.1) is 0 Å². The van der Waals surface area contributed by atoms with Gasteiger partial charge in [-0.2, -0.15) is 0 Å². The minimum Gasteiger partial charge on any atom is -0.492 e. The van der Waals surface area contributed by atoms with E-state index in [1.54, 1.807) is 16.7 Å². The van der Waals surface area contributed by atoms with Crippen molar-refractivity contribution in [3.63, 3.8) is 0 Å². The largest absolute Gasteiger partial charge is 0.492 e. The van der Waals surface area contributed by atoms with E-state index in [0.29, 0.717) is 27.5 Å². The second-order valence-electron chi connectivity index (χ2n) is 7.90. The van der Waals surface area contributed by atoms with Gasteiger partial charge in [0, 0.05) is 17.0 Å². The predicted octanol–water partition coefficient (Wildman–Crippen LogP) is 5.28. The van der Waals surface area contributed by atoms with Crippen LogP contribution in [0.15, 0.2) is 94.6 Å². The molecule has 6 nitrogen and oxygen atoms in total. The standard InChI is InChI=1S/C26H21ClN2O4S2/c27-22-10-4-2-7-19(22)17-29-23-13-12-20(16-25(23)34-26(29)30)35(31,32)28-14-15-33-24-11-5-8-18-6-1-3-9-21(18)24/h1-13,16,28H,14-15,17H2. The Morgan fingerprint density at radius 3 is 2.57 bits per heavy atom. The molecule has 0 atom stereocenters. The Kier molecular flexibility index (Phi) is 6.62. The van der Waals surface area contributed by atoms with Crippen LogP contribution in [-0.4, -0.2) is 26.1 Å². The zero-order valence-electron chi connectivity index (χ0n) is 18.5.